The SMILES string of the molecule is Cc1ccc(/C=C/c2onc(C)c2S(=O)(=O)N2CCC[C@@H](C(=O)NCc3ccc(F)cc3)C2)cc1. The fourth-order valence-electron chi connectivity index (χ4n) is 4.09. The summed E-state index contributed by atoms with van der Waals surface area (Å²) >= 11 is 0. The first kappa shape index (κ1) is 24.8. The first-order valence-corrected chi connectivity index (χ1v) is 12.9. The molecule has 1 aromatic heterocycles. The highest BCUT2D eigenvalue weighted by Crippen LogP contribution is 2.29. The van der Waals surface area contributed by atoms with Crippen LogP contribution in [0.5, 0.6) is 0 Å². The number of sulfonamides is 1. The number of aromatic nitrogens is 1. The molecular weight excluding hydrogens is 469 g/mol. The van der Waals surface area contributed by atoms with Crippen LogP contribution in [0.1, 0.15) is 41.0 Å². The van der Waals surface area contributed by atoms with Crippen molar-refractivity contribution in [1.82, 2.24) is 14.8 Å². The largest absolute Gasteiger partial charge is 0.355 e. The summed E-state index contributed by atoms with van der Waals surface area (Å²) in [7, 11) is -3.93. The molecule has 1 saturated heterocycles. The van der Waals surface area contributed by atoms with Crippen LogP contribution in [-0.4, -0.2) is 36.9 Å². The van der Waals surface area contributed by atoms with Gasteiger partial charge in [0, 0.05) is 19.6 Å². The summed E-state index contributed by atoms with van der Waals surface area (Å²) in [6.07, 6.45) is 4.53. The zero-order chi connectivity index (χ0) is 25.0. The van der Waals surface area contributed by atoms with Gasteiger partial charge in [0.2, 0.25) is 15.9 Å². The topological polar surface area (TPSA) is 92.5 Å². The molecule has 1 aliphatic rings. The highest BCUT2D eigenvalue weighted by molar-refractivity contribution is 7.89. The van der Waals surface area contributed by atoms with Crippen LogP contribution < -0.4 is 5.32 Å². The molecule has 2 heterocycles. The number of rotatable bonds is 7. The standard InChI is InChI=1S/C26H28FN3O4S/c1-18-5-7-20(8-6-18)11-14-24-25(19(2)29-34-24)35(32,33)30-15-3-4-22(17-30)26(31)28-16-21-9-12-23(27)13-10-21/h5-14,22H,3-4,15-17H2,1-2H3,(H,28,31)/b14-11+/t22-/m1/s1. The molecule has 3 aromatic rings. The summed E-state index contributed by atoms with van der Waals surface area (Å²) in [6, 6.07) is 13.7. The molecule has 35 heavy (non-hydrogen) atoms. The van der Waals surface area contributed by atoms with Gasteiger partial charge in [0.05, 0.1) is 5.92 Å². The van der Waals surface area contributed by atoms with Gasteiger partial charge in [0.25, 0.3) is 0 Å². The minimum atomic E-state index is -3.93. The Kier molecular flexibility index (Phi) is 7.47. The lowest BCUT2D eigenvalue weighted by Crippen LogP contribution is -2.45. The predicted octanol–water partition coefficient (Wildman–Crippen LogP) is 4.32. The Labute approximate surface area is 204 Å². The fourth-order valence-corrected chi connectivity index (χ4v) is 5.86. The lowest BCUT2D eigenvalue weighted by atomic mass is 9.99. The smallest absolute Gasteiger partial charge is 0.248 e. The van der Waals surface area contributed by atoms with E-state index in [-0.39, 0.29) is 41.2 Å². The molecule has 0 unspecified atom stereocenters. The monoisotopic (exact) mass is 497 g/mol. The molecule has 4 rings (SSSR count). The molecular formula is C26H28FN3O4S. The number of nitrogens with zero attached hydrogens (tertiary/aromatic N) is 2. The van der Waals surface area contributed by atoms with Crippen LogP contribution in [0.4, 0.5) is 4.39 Å². The molecule has 0 bridgehead atoms. The van der Waals surface area contributed by atoms with E-state index in [0.29, 0.717) is 19.4 Å². The summed E-state index contributed by atoms with van der Waals surface area (Å²) in [5, 5.41) is 6.72. The summed E-state index contributed by atoms with van der Waals surface area (Å²) in [5.41, 5.74) is 3.08. The van der Waals surface area contributed by atoms with Gasteiger partial charge in [0.1, 0.15) is 11.5 Å². The van der Waals surface area contributed by atoms with Crippen LogP contribution in [0.15, 0.2) is 57.9 Å². The minimum Gasteiger partial charge on any atom is -0.355 e. The third-order valence-electron chi connectivity index (χ3n) is 6.07. The van der Waals surface area contributed by atoms with Crippen molar-refractivity contribution in [2.24, 2.45) is 5.92 Å². The summed E-state index contributed by atoms with van der Waals surface area (Å²) < 4.78 is 46.9. The van der Waals surface area contributed by atoms with Crippen molar-refractivity contribution in [3.05, 3.63) is 82.5 Å². The number of piperidine rings is 1. The van der Waals surface area contributed by atoms with Gasteiger partial charge in [-0.25, -0.2) is 12.8 Å². The van der Waals surface area contributed by atoms with E-state index in [1.54, 1.807) is 31.2 Å². The number of carbonyl (C=O) groups excluding carboxylic acids is 1. The quantitative estimate of drug-likeness (QED) is 0.525. The van der Waals surface area contributed by atoms with Crippen LogP contribution >= 0.6 is 0 Å². The fraction of sp³-hybridized carbons (Fsp3) is 0.308. The number of hydrogen-bond acceptors (Lipinski definition) is 5. The van der Waals surface area contributed by atoms with Crippen molar-refractivity contribution in [2.45, 2.75) is 38.1 Å². The number of nitrogens with one attached hydrogen (secondary N) is 1. The van der Waals surface area contributed by atoms with Crippen molar-refractivity contribution < 1.29 is 22.1 Å². The van der Waals surface area contributed by atoms with Gasteiger partial charge in [0.15, 0.2) is 10.7 Å². The third kappa shape index (κ3) is 5.86. The Hall–Kier alpha value is -3.30. The van der Waals surface area contributed by atoms with E-state index in [2.05, 4.69) is 10.5 Å². The van der Waals surface area contributed by atoms with Crippen LogP contribution in [-0.2, 0) is 21.4 Å². The van der Waals surface area contributed by atoms with Crippen LogP contribution in [0.3, 0.4) is 0 Å². The molecule has 1 fully saturated rings. The molecule has 0 aliphatic carbocycles. The number of amides is 1. The molecule has 2 aromatic carbocycles. The molecule has 1 aliphatic heterocycles. The average molecular weight is 498 g/mol. The van der Waals surface area contributed by atoms with E-state index >= 15 is 0 Å². The van der Waals surface area contributed by atoms with Gasteiger partial charge in [-0.15, -0.1) is 0 Å². The molecule has 1 amide bonds. The lowest BCUT2D eigenvalue weighted by molar-refractivity contribution is -0.126. The first-order chi connectivity index (χ1) is 16.7. The zero-order valence-electron chi connectivity index (χ0n) is 19.7. The molecule has 1 N–H and O–H groups in total. The number of carbonyl (C=O) groups is 1. The maximum Gasteiger partial charge on any atom is 0.248 e. The second-order valence-electron chi connectivity index (χ2n) is 8.75. The van der Waals surface area contributed by atoms with Crippen LogP contribution in [0.2, 0.25) is 0 Å². The van der Waals surface area contributed by atoms with E-state index in [0.717, 1.165) is 16.7 Å². The average Bonchev–Trinajstić information content (AvgIpc) is 3.24. The molecule has 0 radical (unpaired) electrons. The van der Waals surface area contributed by atoms with Gasteiger partial charge in [-0.2, -0.15) is 4.31 Å². The Morgan fingerprint density at radius 3 is 2.57 bits per heavy atom. The van der Waals surface area contributed by atoms with Gasteiger partial charge < -0.3 is 9.84 Å². The van der Waals surface area contributed by atoms with Crippen LogP contribution in [0.25, 0.3) is 12.2 Å². The molecule has 9 heteroatoms. The molecule has 184 valence electrons. The minimum absolute atomic E-state index is 0.0215. The Balaban J connectivity index is 1.47. The highest BCUT2D eigenvalue weighted by Gasteiger charge is 2.36. The van der Waals surface area contributed by atoms with Gasteiger partial charge in [-0.3, -0.25) is 4.79 Å². The van der Waals surface area contributed by atoms with Crippen molar-refractivity contribution in [1.29, 1.82) is 0 Å². The molecule has 0 saturated carbocycles. The summed E-state index contributed by atoms with van der Waals surface area (Å²) in [5.74, 6) is -0.891. The van der Waals surface area contributed by atoms with E-state index in [1.807, 2.05) is 31.2 Å². The van der Waals surface area contributed by atoms with E-state index in [9.17, 15) is 17.6 Å². The van der Waals surface area contributed by atoms with Crippen molar-refractivity contribution >= 4 is 28.1 Å². The number of halogens is 1. The van der Waals surface area contributed by atoms with Crippen molar-refractivity contribution in [2.75, 3.05) is 13.1 Å². The summed E-state index contributed by atoms with van der Waals surface area (Å²) in [6.45, 7) is 4.23. The van der Waals surface area contributed by atoms with E-state index in [1.165, 1.54) is 16.4 Å². The second-order valence-corrected chi connectivity index (χ2v) is 10.6. The number of hydrogen-bond donors (Lipinski definition) is 1. The zero-order valence-corrected chi connectivity index (χ0v) is 20.5. The highest BCUT2D eigenvalue weighted by atomic mass is 32.2. The molecule has 7 nitrogen and oxygen atoms in total. The van der Waals surface area contributed by atoms with Gasteiger partial charge >= 0.3 is 0 Å². The van der Waals surface area contributed by atoms with E-state index in [4.69, 9.17) is 4.52 Å². The molecule has 1 atom stereocenters. The van der Waals surface area contributed by atoms with Gasteiger partial charge in [-0.1, -0.05) is 53.2 Å². The van der Waals surface area contributed by atoms with Crippen molar-refractivity contribution in [3.8, 4) is 0 Å². The molecule has 0 spiro atoms. The number of benzene rings is 2. The first-order valence-electron chi connectivity index (χ1n) is 11.5. The summed E-state index contributed by atoms with van der Waals surface area (Å²) in [4.78, 5) is 12.8. The van der Waals surface area contributed by atoms with Crippen LogP contribution in [0, 0.1) is 25.6 Å². The normalized spacial score (nSPS) is 17.1. The lowest BCUT2D eigenvalue weighted by Gasteiger charge is -2.31. The van der Waals surface area contributed by atoms with Gasteiger partial charge in [-0.05, 0) is 56.0 Å². The Bertz CT molecular complexity index is 1320. The third-order valence-corrected chi connectivity index (χ3v) is 8.09. The number of aryl methyl sites for hydroxylation is 2. The predicted molar refractivity (Wildman–Crippen MR) is 131 cm³/mol. The maximum atomic E-state index is 13.6. The second kappa shape index (κ2) is 10.5. The van der Waals surface area contributed by atoms with E-state index < -0.39 is 15.9 Å². The Morgan fingerprint density at radius 1 is 1.14 bits per heavy atom. The van der Waals surface area contributed by atoms with Crippen molar-refractivity contribution in [3.63, 3.8) is 0 Å². The Morgan fingerprint density at radius 2 is 1.86 bits per heavy atom. The maximum absolute atomic E-state index is 13.6.